The molecule has 0 amide bonds. The first kappa shape index (κ1) is 10.5. The first-order valence-corrected chi connectivity index (χ1v) is 4.71. The molecule has 0 aliphatic rings. The van der Waals surface area contributed by atoms with E-state index in [0.29, 0.717) is 11.4 Å². The van der Waals surface area contributed by atoms with Crippen molar-refractivity contribution in [2.45, 2.75) is 6.54 Å². The SMILES string of the molecule is Fc1ccc(CNc2cccnn2)c(F)c1. The molecule has 0 atom stereocenters. The van der Waals surface area contributed by atoms with E-state index in [-0.39, 0.29) is 6.54 Å². The Kier molecular flexibility index (Phi) is 3.05. The van der Waals surface area contributed by atoms with Gasteiger partial charge in [-0.25, -0.2) is 8.78 Å². The van der Waals surface area contributed by atoms with Crippen LogP contribution in [-0.2, 0) is 6.54 Å². The Morgan fingerprint density at radius 2 is 2.06 bits per heavy atom. The fourth-order valence-corrected chi connectivity index (χ4v) is 1.25. The number of benzene rings is 1. The van der Waals surface area contributed by atoms with Gasteiger partial charge in [-0.05, 0) is 18.2 Å². The average Bonchev–Trinajstić information content (AvgIpc) is 2.29. The molecular formula is C11H9F2N3. The fourth-order valence-electron chi connectivity index (χ4n) is 1.25. The summed E-state index contributed by atoms with van der Waals surface area (Å²) in [4.78, 5) is 0. The Morgan fingerprint density at radius 3 is 2.75 bits per heavy atom. The van der Waals surface area contributed by atoms with Gasteiger partial charge in [-0.2, -0.15) is 5.10 Å². The zero-order chi connectivity index (χ0) is 11.4. The average molecular weight is 221 g/mol. The third-order valence-electron chi connectivity index (χ3n) is 2.05. The molecule has 0 aliphatic carbocycles. The summed E-state index contributed by atoms with van der Waals surface area (Å²) in [6.45, 7) is 0.241. The number of nitrogens with one attached hydrogen (secondary N) is 1. The van der Waals surface area contributed by atoms with Crippen LogP contribution < -0.4 is 5.32 Å². The van der Waals surface area contributed by atoms with Crippen LogP contribution >= 0.6 is 0 Å². The van der Waals surface area contributed by atoms with Crippen LogP contribution in [0.2, 0.25) is 0 Å². The molecule has 2 aromatic rings. The maximum atomic E-state index is 13.2. The van der Waals surface area contributed by atoms with Crippen molar-refractivity contribution in [3.63, 3.8) is 0 Å². The molecule has 16 heavy (non-hydrogen) atoms. The van der Waals surface area contributed by atoms with E-state index < -0.39 is 11.6 Å². The van der Waals surface area contributed by atoms with Crippen LogP contribution in [0.15, 0.2) is 36.5 Å². The second kappa shape index (κ2) is 4.65. The molecule has 0 saturated heterocycles. The van der Waals surface area contributed by atoms with Crippen LogP contribution in [0.5, 0.6) is 0 Å². The van der Waals surface area contributed by atoms with Crippen molar-refractivity contribution in [3.05, 3.63) is 53.7 Å². The van der Waals surface area contributed by atoms with Crippen LogP contribution in [-0.4, -0.2) is 10.2 Å². The topological polar surface area (TPSA) is 37.8 Å². The monoisotopic (exact) mass is 221 g/mol. The number of hydrogen-bond donors (Lipinski definition) is 1. The molecule has 2 rings (SSSR count). The maximum absolute atomic E-state index is 13.2. The van der Waals surface area contributed by atoms with E-state index in [0.717, 1.165) is 6.07 Å². The lowest BCUT2D eigenvalue weighted by atomic mass is 10.2. The van der Waals surface area contributed by atoms with E-state index >= 15 is 0 Å². The van der Waals surface area contributed by atoms with Gasteiger partial charge in [0.15, 0.2) is 0 Å². The summed E-state index contributed by atoms with van der Waals surface area (Å²) >= 11 is 0. The zero-order valence-corrected chi connectivity index (χ0v) is 8.32. The summed E-state index contributed by atoms with van der Waals surface area (Å²) in [6, 6.07) is 6.91. The Balaban J connectivity index is 2.05. The minimum atomic E-state index is -0.583. The molecule has 0 bridgehead atoms. The molecule has 0 radical (unpaired) electrons. The lowest BCUT2D eigenvalue weighted by Gasteiger charge is -2.05. The molecule has 0 unspecified atom stereocenters. The molecule has 3 nitrogen and oxygen atoms in total. The van der Waals surface area contributed by atoms with Crippen LogP contribution in [0.4, 0.5) is 14.6 Å². The van der Waals surface area contributed by atoms with Gasteiger partial charge in [-0.3, -0.25) is 0 Å². The second-order valence-electron chi connectivity index (χ2n) is 3.20. The van der Waals surface area contributed by atoms with Crippen molar-refractivity contribution < 1.29 is 8.78 Å². The van der Waals surface area contributed by atoms with Crippen molar-refractivity contribution in [1.29, 1.82) is 0 Å². The van der Waals surface area contributed by atoms with E-state index in [1.807, 2.05) is 0 Å². The number of nitrogens with zero attached hydrogens (tertiary/aromatic N) is 2. The first-order valence-electron chi connectivity index (χ1n) is 4.71. The number of rotatable bonds is 3. The minimum absolute atomic E-state index is 0.241. The van der Waals surface area contributed by atoms with Crippen LogP contribution in [0.25, 0.3) is 0 Å². The van der Waals surface area contributed by atoms with Crippen LogP contribution in [0.3, 0.4) is 0 Å². The summed E-state index contributed by atoms with van der Waals surface area (Å²) in [6.07, 6.45) is 1.55. The van der Waals surface area contributed by atoms with Crippen molar-refractivity contribution in [2.24, 2.45) is 0 Å². The molecule has 0 saturated carbocycles. The molecule has 1 aromatic heterocycles. The summed E-state index contributed by atoms with van der Waals surface area (Å²) in [5.74, 6) is -0.608. The number of halogens is 2. The second-order valence-corrected chi connectivity index (χ2v) is 3.20. The highest BCUT2D eigenvalue weighted by atomic mass is 19.1. The summed E-state index contributed by atoms with van der Waals surface area (Å²) in [7, 11) is 0. The molecule has 5 heteroatoms. The number of hydrogen-bond acceptors (Lipinski definition) is 3. The highest BCUT2D eigenvalue weighted by molar-refractivity contribution is 5.33. The summed E-state index contributed by atoms with van der Waals surface area (Å²) in [5, 5.41) is 10.3. The Morgan fingerprint density at radius 1 is 1.19 bits per heavy atom. The third kappa shape index (κ3) is 2.50. The maximum Gasteiger partial charge on any atom is 0.148 e. The van der Waals surface area contributed by atoms with Gasteiger partial charge in [0.25, 0.3) is 0 Å². The molecule has 0 aliphatic heterocycles. The largest absolute Gasteiger partial charge is 0.364 e. The predicted octanol–water partition coefficient (Wildman–Crippen LogP) is 2.37. The molecular weight excluding hydrogens is 212 g/mol. The Labute approximate surface area is 91.1 Å². The summed E-state index contributed by atoms with van der Waals surface area (Å²) < 4.78 is 25.9. The normalized spacial score (nSPS) is 10.1. The van der Waals surface area contributed by atoms with E-state index in [1.54, 1.807) is 18.3 Å². The smallest absolute Gasteiger partial charge is 0.148 e. The van der Waals surface area contributed by atoms with E-state index in [2.05, 4.69) is 15.5 Å². The highest BCUT2D eigenvalue weighted by Crippen LogP contribution is 2.11. The first-order chi connectivity index (χ1) is 7.75. The van der Waals surface area contributed by atoms with Crippen molar-refractivity contribution in [2.75, 3.05) is 5.32 Å². The van der Waals surface area contributed by atoms with E-state index in [4.69, 9.17) is 0 Å². The standard InChI is InChI=1S/C11H9F2N3/c12-9-4-3-8(10(13)6-9)7-14-11-2-1-5-15-16-11/h1-6H,7H2,(H,14,16). The highest BCUT2D eigenvalue weighted by Gasteiger charge is 2.03. The molecule has 1 aromatic carbocycles. The lowest BCUT2D eigenvalue weighted by molar-refractivity contribution is 0.574. The van der Waals surface area contributed by atoms with Gasteiger partial charge in [-0.15, -0.1) is 5.10 Å². The Bertz CT molecular complexity index is 474. The molecule has 0 spiro atoms. The van der Waals surface area contributed by atoms with Gasteiger partial charge >= 0.3 is 0 Å². The van der Waals surface area contributed by atoms with Gasteiger partial charge in [0.05, 0.1) is 0 Å². The Hall–Kier alpha value is -2.04. The van der Waals surface area contributed by atoms with Gasteiger partial charge in [-0.1, -0.05) is 6.07 Å². The van der Waals surface area contributed by atoms with Gasteiger partial charge < -0.3 is 5.32 Å². The minimum Gasteiger partial charge on any atom is -0.364 e. The van der Waals surface area contributed by atoms with Crippen molar-refractivity contribution >= 4 is 5.82 Å². The van der Waals surface area contributed by atoms with E-state index in [9.17, 15) is 8.78 Å². The van der Waals surface area contributed by atoms with Crippen LogP contribution in [0, 0.1) is 11.6 Å². The van der Waals surface area contributed by atoms with Crippen LogP contribution in [0.1, 0.15) is 5.56 Å². The zero-order valence-electron chi connectivity index (χ0n) is 8.32. The summed E-state index contributed by atoms with van der Waals surface area (Å²) in [5.41, 5.74) is 0.382. The lowest BCUT2D eigenvalue weighted by Crippen LogP contribution is -2.03. The molecule has 0 fully saturated rings. The number of aromatic nitrogens is 2. The predicted molar refractivity (Wildman–Crippen MR) is 55.7 cm³/mol. The molecule has 1 heterocycles. The molecule has 1 N–H and O–H groups in total. The fraction of sp³-hybridized carbons (Fsp3) is 0.0909. The third-order valence-corrected chi connectivity index (χ3v) is 2.05. The quantitative estimate of drug-likeness (QED) is 0.864. The number of anilines is 1. The van der Waals surface area contributed by atoms with Gasteiger partial charge in [0, 0.05) is 24.4 Å². The van der Waals surface area contributed by atoms with Gasteiger partial charge in [0.2, 0.25) is 0 Å². The van der Waals surface area contributed by atoms with E-state index in [1.165, 1.54) is 12.1 Å². The van der Waals surface area contributed by atoms with Gasteiger partial charge in [0.1, 0.15) is 17.5 Å². The molecule has 82 valence electrons. The van der Waals surface area contributed by atoms with Crippen molar-refractivity contribution in [3.8, 4) is 0 Å². The van der Waals surface area contributed by atoms with Crippen molar-refractivity contribution in [1.82, 2.24) is 10.2 Å².